The molecule has 9 aromatic rings. The molecule has 0 bridgehead atoms. The van der Waals surface area contributed by atoms with Gasteiger partial charge in [0, 0.05) is 57.3 Å². The maximum atomic E-state index is 6.31. The number of thiophene rings is 2. The Labute approximate surface area is 249 Å². The minimum absolute atomic E-state index is 0.648. The molecule has 0 fully saturated rings. The summed E-state index contributed by atoms with van der Waals surface area (Å²) in [5.74, 6) is 0.648. The summed E-state index contributed by atoms with van der Waals surface area (Å²) in [4.78, 5) is 7.22. The molecule has 3 nitrogen and oxygen atoms in total. The molecule has 0 spiro atoms. The summed E-state index contributed by atoms with van der Waals surface area (Å²) >= 11 is 3.65. The number of benzene rings is 6. The van der Waals surface area contributed by atoms with E-state index in [1.54, 1.807) is 11.3 Å². The first-order chi connectivity index (χ1) is 20.8. The molecule has 198 valence electrons. The predicted octanol–water partition coefficient (Wildman–Crippen LogP) is 11.7. The van der Waals surface area contributed by atoms with Gasteiger partial charge in [-0.3, -0.25) is 0 Å². The molecule has 0 radical (unpaired) electrons. The molecule has 0 aliphatic rings. The smallest absolute Gasteiger partial charge is 0.227 e. The van der Waals surface area contributed by atoms with Gasteiger partial charge in [0.15, 0.2) is 5.58 Å². The lowest BCUT2D eigenvalue weighted by molar-refractivity contribution is 0.620. The van der Waals surface area contributed by atoms with Crippen molar-refractivity contribution >= 4 is 91.2 Å². The fraction of sp³-hybridized carbons (Fsp3) is 0. The lowest BCUT2D eigenvalue weighted by atomic mass is 10.1. The number of aromatic nitrogens is 1. The SMILES string of the molecule is c1ccc(-c2nc3cc4sc5cccc(N(c6ccccc6)c6ccc7sc8ccccc8c7c6)c5c4cc3o2)cc1. The van der Waals surface area contributed by atoms with E-state index in [1.807, 2.05) is 41.7 Å². The third-order valence-corrected chi connectivity index (χ3v) is 10.1. The van der Waals surface area contributed by atoms with Crippen LogP contribution in [0.3, 0.4) is 0 Å². The average molecular weight is 575 g/mol. The van der Waals surface area contributed by atoms with Gasteiger partial charge in [-0.05, 0) is 72.8 Å². The second-order valence-corrected chi connectivity index (χ2v) is 12.6. The number of nitrogens with zero attached hydrogens (tertiary/aromatic N) is 2. The van der Waals surface area contributed by atoms with Crippen molar-refractivity contribution in [2.75, 3.05) is 4.90 Å². The minimum Gasteiger partial charge on any atom is -0.436 e. The van der Waals surface area contributed by atoms with E-state index in [1.165, 1.54) is 40.3 Å². The van der Waals surface area contributed by atoms with Gasteiger partial charge in [0.1, 0.15) is 5.52 Å². The van der Waals surface area contributed by atoms with Gasteiger partial charge in [-0.25, -0.2) is 4.98 Å². The van der Waals surface area contributed by atoms with Crippen LogP contribution in [0, 0.1) is 0 Å². The van der Waals surface area contributed by atoms with Crippen molar-refractivity contribution in [3.05, 3.63) is 133 Å². The molecule has 0 unspecified atom stereocenters. The van der Waals surface area contributed by atoms with Crippen LogP contribution in [0.2, 0.25) is 0 Å². The monoisotopic (exact) mass is 574 g/mol. The van der Waals surface area contributed by atoms with Crippen LogP contribution in [0.4, 0.5) is 17.1 Å². The average Bonchev–Trinajstić information content (AvgIpc) is 3.74. The Bertz CT molecular complexity index is 2420. The lowest BCUT2D eigenvalue weighted by Gasteiger charge is -2.26. The molecular weight excluding hydrogens is 553 g/mol. The number of anilines is 3. The van der Waals surface area contributed by atoms with E-state index >= 15 is 0 Å². The van der Waals surface area contributed by atoms with E-state index in [9.17, 15) is 0 Å². The molecular formula is C37H22N2OS2. The van der Waals surface area contributed by atoms with Gasteiger partial charge in [0.2, 0.25) is 5.89 Å². The largest absolute Gasteiger partial charge is 0.436 e. The molecule has 9 rings (SSSR count). The number of hydrogen-bond donors (Lipinski definition) is 0. The van der Waals surface area contributed by atoms with Crippen LogP contribution in [0.15, 0.2) is 138 Å². The zero-order valence-electron chi connectivity index (χ0n) is 22.3. The van der Waals surface area contributed by atoms with Crippen molar-refractivity contribution in [1.82, 2.24) is 4.98 Å². The standard InChI is InChI=1S/C37H22N2OS2/c1-3-10-23(11-4-1)37-38-29-22-35-28(21-31(29)40-37)36-30(15-9-17-34(36)42-35)39(24-12-5-2-6-13-24)25-18-19-33-27(20-25)26-14-7-8-16-32(26)41-33/h1-22H. The molecule has 6 aromatic carbocycles. The fourth-order valence-electron chi connectivity index (χ4n) is 5.98. The van der Waals surface area contributed by atoms with Gasteiger partial charge >= 0.3 is 0 Å². The van der Waals surface area contributed by atoms with Crippen molar-refractivity contribution in [2.24, 2.45) is 0 Å². The van der Waals surface area contributed by atoms with E-state index in [0.29, 0.717) is 5.89 Å². The highest BCUT2D eigenvalue weighted by Crippen LogP contribution is 2.47. The summed E-state index contributed by atoms with van der Waals surface area (Å²) in [7, 11) is 0. The lowest BCUT2D eigenvalue weighted by Crippen LogP contribution is -2.10. The van der Waals surface area contributed by atoms with Gasteiger partial charge in [-0.1, -0.05) is 60.7 Å². The summed E-state index contributed by atoms with van der Waals surface area (Å²) in [5, 5.41) is 4.98. The Kier molecular flexibility index (Phi) is 5.24. The molecule has 0 saturated carbocycles. The van der Waals surface area contributed by atoms with Crippen molar-refractivity contribution in [2.45, 2.75) is 0 Å². The maximum absolute atomic E-state index is 6.31. The van der Waals surface area contributed by atoms with Gasteiger partial charge in [-0.15, -0.1) is 22.7 Å². The topological polar surface area (TPSA) is 29.3 Å². The Balaban J connectivity index is 1.29. The Morgan fingerprint density at radius 3 is 2.14 bits per heavy atom. The zero-order chi connectivity index (χ0) is 27.6. The summed E-state index contributed by atoms with van der Waals surface area (Å²) in [6.45, 7) is 0. The van der Waals surface area contributed by atoms with E-state index in [0.717, 1.165) is 33.7 Å². The highest BCUT2D eigenvalue weighted by atomic mass is 32.1. The van der Waals surface area contributed by atoms with Crippen molar-refractivity contribution in [3.63, 3.8) is 0 Å². The van der Waals surface area contributed by atoms with Gasteiger partial charge in [-0.2, -0.15) is 0 Å². The predicted molar refractivity (Wildman–Crippen MR) is 180 cm³/mol. The third kappa shape index (κ3) is 3.68. The molecule has 3 heterocycles. The molecule has 5 heteroatoms. The van der Waals surface area contributed by atoms with Crippen LogP contribution >= 0.6 is 22.7 Å². The third-order valence-electron chi connectivity index (χ3n) is 7.88. The van der Waals surface area contributed by atoms with E-state index in [4.69, 9.17) is 9.40 Å². The number of oxazole rings is 1. The van der Waals surface area contributed by atoms with Crippen molar-refractivity contribution in [1.29, 1.82) is 0 Å². The fourth-order valence-corrected chi connectivity index (χ4v) is 8.20. The highest BCUT2D eigenvalue weighted by Gasteiger charge is 2.20. The molecule has 0 atom stereocenters. The van der Waals surface area contributed by atoms with Crippen LogP contribution < -0.4 is 4.90 Å². The van der Waals surface area contributed by atoms with E-state index < -0.39 is 0 Å². The summed E-state index contributed by atoms with van der Waals surface area (Å²) in [5.41, 5.74) is 6.06. The van der Waals surface area contributed by atoms with Crippen molar-refractivity contribution in [3.8, 4) is 11.5 Å². The number of rotatable bonds is 4. The second-order valence-electron chi connectivity index (χ2n) is 10.4. The Morgan fingerprint density at radius 2 is 1.26 bits per heavy atom. The first-order valence-corrected chi connectivity index (χ1v) is 15.5. The summed E-state index contributed by atoms with van der Waals surface area (Å²) in [6, 6.07) is 47.2. The van der Waals surface area contributed by atoms with Gasteiger partial charge < -0.3 is 9.32 Å². The van der Waals surface area contributed by atoms with Crippen LogP contribution in [-0.2, 0) is 0 Å². The van der Waals surface area contributed by atoms with Crippen molar-refractivity contribution < 1.29 is 4.42 Å². The maximum Gasteiger partial charge on any atom is 0.227 e. The first-order valence-electron chi connectivity index (χ1n) is 13.9. The van der Waals surface area contributed by atoms with E-state index in [-0.39, 0.29) is 0 Å². The van der Waals surface area contributed by atoms with Crippen LogP contribution in [0.1, 0.15) is 0 Å². The molecule has 3 aromatic heterocycles. The van der Waals surface area contributed by atoms with Crippen LogP contribution in [-0.4, -0.2) is 4.98 Å². The van der Waals surface area contributed by atoms with Gasteiger partial charge in [0.05, 0.1) is 5.69 Å². The quantitative estimate of drug-likeness (QED) is 0.209. The number of hydrogen-bond acceptors (Lipinski definition) is 5. The van der Waals surface area contributed by atoms with Gasteiger partial charge in [0.25, 0.3) is 0 Å². The molecule has 0 amide bonds. The molecule has 0 aliphatic carbocycles. The van der Waals surface area contributed by atoms with Crippen LogP contribution in [0.25, 0.3) is 62.9 Å². The molecule has 0 N–H and O–H groups in total. The summed E-state index contributed by atoms with van der Waals surface area (Å²) < 4.78 is 11.4. The Morgan fingerprint density at radius 1 is 0.524 bits per heavy atom. The summed E-state index contributed by atoms with van der Waals surface area (Å²) in [6.07, 6.45) is 0. The number of fused-ring (bicyclic) bond motifs is 7. The highest BCUT2D eigenvalue weighted by molar-refractivity contribution is 7.26. The van der Waals surface area contributed by atoms with Crippen LogP contribution in [0.5, 0.6) is 0 Å². The zero-order valence-corrected chi connectivity index (χ0v) is 24.0. The Hall–Kier alpha value is -4.97. The van der Waals surface area contributed by atoms with E-state index in [2.05, 4.69) is 108 Å². The second kappa shape index (κ2) is 9.28. The number of para-hydroxylation sites is 1. The first kappa shape index (κ1) is 23.7. The minimum atomic E-state index is 0.648. The molecule has 0 saturated heterocycles. The molecule has 0 aliphatic heterocycles. The molecule has 42 heavy (non-hydrogen) atoms. The normalized spacial score (nSPS) is 11.8.